The van der Waals surface area contributed by atoms with Gasteiger partial charge in [-0.3, -0.25) is 4.79 Å². The molecule has 0 spiro atoms. The molecule has 24 heavy (non-hydrogen) atoms. The monoisotopic (exact) mass is 386 g/mol. The quantitative estimate of drug-likeness (QED) is 0.815. The first kappa shape index (κ1) is 20.7. The summed E-state index contributed by atoms with van der Waals surface area (Å²) < 4.78 is 63.4. The predicted molar refractivity (Wildman–Crippen MR) is 86.4 cm³/mol. The average Bonchev–Trinajstić information content (AvgIpc) is 2.43. The van der Waals surface area contributed by atoms with Crippen molar-refractivity contribution in [2.75, 3.05) is 18.1 Å². The van der Waals surface area contributed by atoms with Gasteiger partial charge < -0.3 is 5.32 Å². The number of carbonyl (C=O) groups is 1. The van der Waals surface area contributed by atoms with E-state index in [4.69, 9.17) is 11.6 Å². The van der Waals surface area contributed by atoms with E-state index in [-0.39, 0.29) is 5.02 Å². The normalized spacial score (nSPS) is 13.8. The molecule has 5 nitrogen and oxygen atoms in total. The third kappa shape index (κ3) is 5.64. The molecular weight excluding hydrogens is 369 g/mol. The van der Waals surface area contributed by atoms with Gasteiger partial charge in [-0.25, -0.2) is 8.42 Å². The summed E-state index contributed by atoms with van der Waals surface area (Å²) in [4.78, 5) is 12.0. The molecule has 1 rings (SSSR count). The number of nitrogens with one attached hydrogen (secondary N) is 1. The van der Waals surface area contributed by atoms with Gasteiger partial charge in [-0.05, 0) is 31.5 Å². The number of sulfonamides is 1. The van der Waals surface area contributed by atoms with Crippen LogP contribution >= 0.6 is 11.6 Å². The first-order valence-corrected chi connectivity index (χ1v) is 9.22. The Kier molecular flexibility index (Phi) is 6.66. The summed E-state index contributed by atoms with van der Waals surface area (Å²) in [5, 5.41) is 1.98. The molecular formula is C14H18ClF3N2O3S. The molecule has 1 aromatic carbocycles. The van der Waals surface area contributed by atoms with Crippen LogP contribution in [0, 0.1) is 0 Å². The molecule has 136 valence electrons. The number of nitrogens with zero attached hydrogens (tertiary/aromatic N) is 1. The average molecular weight is 387 g/mol. The lowest BCUT2D eigenvalue weighted by molar-refractivity contribution is -0.137. The van der Waals surface area contributed by atoms with Gasteiger partial charge in [-0.1, -0.05) is 18.5 Å². The number of carbonyl (C=O) groups excluding carboxylic acids is 1. The molecule has 0 radical (unpaired) electrons. The van der Waals surface area contributed by atoms with Gasteiger partial charge in [0.15, 0.2) is 0 Å². The first-order valence-electron chi connectivity index (χ1n) is 6.99. The minimum Gasteiger partial charge on any atom is -0.324 e. The number of halogens is 4. The molecule has 0 aliphatic rings. The molecule has 0 aliphatic heterocycles. The molecule has 10 heteroatoms. The summed E-state index contributed by atoms with van der Waals surface area (Å²) in [5.41, 5.74) is -1.58. The van der Waals surface area contributed by atoms with Crippen LogP contribution in [0.25, 0.3) is 0 Å². The van der Waals surface area contributed by atoms with E-state index in [9.17, 15) is 26.4 Å². The smallest absolute Gasteiger partial charge is 0.324 e. The Morgan fingerprint density at radius 3 is 2.42 bits per heavy atom. The lowest BCUT2D eigenvalue weighted by Gasteiger charge is -2.25. The van der Waals surface area contributed by atoms with Gasteiger partial charge in [-0.15, -0.1) is 0 Å². The largest absolute Gasteiger partial charge is 0.418 e. The summed E-state index contributed by atoms with van der Waals surface area (Å²) in [6, 6.07) is 2.46. The van der Waals surface area contributed by atoms with Crippen molar-refractivity contribution in [2.24, 2.45) is 0 Å². The van der Waals surface area contributed by atoms with Gasteiger partial charge in [0, 0.05) is 11.1 Å². The van der Waals surface area contributed by atoms with E-state index in [1.165, 1.54) is 6.07 Å². The topological polar surface area (TPSA) is 66.5 Å². The minimum atomic E-state index is -4.71. The number of rotatable bonds is 6. The van der Waals surface area contributed by atoms with Crippen molar-refractivity contribution in [3.05, 3.63) is 28.8 Å². The Labute approximate surface area is 143 Å². The third-order valence-corrected chi connectivity index (χ3v) is 4.95. The second-order valence-electron chi connectivity index (χ2n) is 5.30. The minimum absolute atomic E-state index is 0.127. The molecule has 0 heterocycles. The number of hydrogen-bond donors (Lipinski definition) is 1. The van der Waals surface area contributed by atoms with Crippen LogP contribution in [0.4, 0.5) is 18.9 Å². The predicted octanol–water partition coefficient (Wildman–Crippen LogP) is 3.36. The second kappa shape index (κ2) is 7.71. The van der Waals surface area contributed by atoms with Gasteiger partial charge in [0.05, 0.1) is 24.1 Å². The molecule has 0 aliphatic carbocycles. The van der Waals surface area contributed by atoms with E-state index in [0.29, 0.717) is 12.5 Å². The maximum atomic E-state index is 13.0. The van der Waals surface area contributed by atoms with Crippen molar-refractivity contribution in [3.8, 4) is 0 Å². The standard InChI is InChI=1S/C14H18ClF3N2O3S/c1-4-9(2)20(24(3,22)23)8-13(21)19-12-6-5-10(15)7-11(12)14(16,17)18/h5-7,9H,4,8H2,1-3H3,(H,19,21). The van der Waals surface area contributed by atoms with Crippen molar-refractivity contribution in [1.29, 1.82) is 0 Å². The van der Waals surface area contributed by atoms with E-state index >= 15 is 0 Å². The summed E-state index contributed by atoms with van der Waals surface area (Å²) in [6.07, 6.45) is -3.31. The Morgan fingerprint density at radius 1 is 1.38 bits per heavy atom. The van der Waals surface area contributed by atoms with Crippen LogP contribution in [0.5, 0.6) is 0 Å². The van der Waals surface area contributed by atoms with Gasteiger partial charge in [0.2, 0.25) is 15.9 Å². The zero-order chi connectivity index (χ0) is 18.7. The Hall–Kier alpha value is -1.32. The second-order valence-corrected chi connectivity index (χ2v) is 7.67. The number of benzene rings is 1. The highest BCUT2D eigenvalue weighted by atomic mass is 35.5. The number of hydrogen-bond acceptors (Lipinski definition) is 3. The van der Waals surface area contributed by atoms with Crippen LogP contribution in [0.2, 0.25) is 5.02 Å². The highest BCUT2D eigenvalue weighted by Crippen LogP contribution is 2.36. The lowest BCUT2D eigenvalue weighted by Crippen LogP contribution is -2.42. The Balaban J connectivity index is 3.04. The van der Waals surface area contributed by atoms with Crippen molar-refractivity contribution in [2.45, 2.75) is 32.5 Å². The van der Waals surface area contributed by atoms with Crippen LogP contribution in [-0.4, -0.2) is 37.5 Å². The van der Waals surface area contributed by atoms with Gasteiger partial charge in [0.25, 0.3) is 0 Å². The van der Waals surface area contributed by atoms with E-state index in [2.05, 4.69) is 5.32 Å². The fourth-order valence-electron chi connectivity index (χ4n) is 1.99. The summed E-state index contributed by atoms with van der Waals surface area (Å²) >= 11 is 5.56. The molecule has 1 unspecified atom stereocenters. The van der Waals surface area contributed by atoms with Gasteiger partial charge in [0.1, 0.15) is 0 Å². The third-order valence-electron chi connectivity index (χ3n) is 3.37. The molecule has 1 atom stereocenters. The molecule has 0 saturated heterocycles. The van der Waals surface area contributed by atoms with E-state index in [0.717, 1.165) is 16.6 Å². The number of amides is 1. The van der Waals surface area contributed by atoms with Crippen molar-refractivity contribution >= 4 is 33.2 Å². The zero-order valence-corrected chi connectivity index (χ0v) is 14.9. The van der Waals surface area contributed by atoms with Crippen molar-refractivity contribution in [1.82, 2.24) is 4.31 Å². The maximum Gasteiger partial charge on any atom is 0.418 e. The zero-order valence-electron chi connectivity index (χ0n) is 13.3. The molecule has 0 fully saturated rings. The van der Waals surface area contributed by atoms with Crippen molar-refractivity contribution in [3.63, 3.8) is 0 Å². The van der Waals surface area contributed by atoms with Gasteiger partial charge >= 0.3 is 6.18 Å². The molecule has 1 N–H and O–H groups in total. The first-order chi connectivity index (χ1) is 10.9. The van der Waals surface area contributed by atoms with E-state index < -0.39 is 45.9 Å². The fourth-order valence-corrected chi connectivity index (χ4v) is 3.32. The molecule has 0 bridgehead atoms. The number of alkyl halides is 3. The van der Waals surface area contributed by atoms with Crippen molar-refractivity contribution < 1.29 is 26.4 Å². The molecule has 1 aromatic rings. The maximum absolute atomic E-state index is 13.0. The SMILES string of the molecule is CCC(C)N(CC(=O)Nc1ccc(Cl)cc1C(F)(F)F)S(C)(=O)=O. The summed E-state index contributed by atoms with van der Waals surface area (Å²) in [7, 11) is -3.68. The van der Waals surface area contributed by atoms with Crippen LogP contribution in [0.3, 0.4) is 0 Å². The highest BCUT2D eigenvalue weighted by molar-refractivity contribution is 7.88. The summed E-state index contributed by atoms with van der Waals surface area (Å²) in [5.74, 6) is -0.867. The highest BCUT2D eigenvalue weighted by Gasteiger charge is 2.34. The fraction of sp³-hybridized carbons (Fsp3) is 0.500. The molecule has 1 amide bonds. The summed E-state index contributed by atoms with van der Waals surface area (Å²) in [6.45, 7) is 2.77. The molecule has 0 aromatic heterocycles. The van der Waals surface area contributed by atoms with E-state index in [1.54, 1.807) is 13.8 Å². The van der Waals surface area contributed by atoms with E-state index in [1.807, 2.05) is 0 Å². The van der Waals surface area contributed by atoms with Crippen LogP contribution in [0.15, 0.2) is 18.2 Å². The lowest BCUT2D eigenvalue weighted by atomic mass is 10.1. The van der Waals surface area contributed by atoms with Crippen LogP contribution in [-0.2, 0) is 21.0 Å². The Morgan fingerprint density at radius 2 is 1.96 bits per heavy atom. The number of anilines is 1. The van der Waals surface area contributed by atoms with Crippen LogP contribution < -0.4 is 5.32 Å². The molecule has 0 saturated carbocycles. The Bertz CT molecular complexity index is 708. The van der Waals surface area contributed by atoms with Gasteiger partial charge in [-0.2, -0.15) is 17.5 Å². The van der Waals surface area contributed by atoms with Crippen LogP contribution in [0.1, 0.15) is 25.8 Å².